The van der Waals surface area contributed by atoms with E-state index in [1.807, 2.05) is 0 Å². The highest BCUT2D eigenvalue weighted by atomic mass is 15.1. The van der Waals surface area contributed by atoms with Crippen molar-refractivity contribution in [1.82, 2.24) is 4.90 Å². The molecule has 1 saturated carbocycles. The summed E-state index contributed by atoms with van der Waals surface area (Å²) >= 11 is 0. The van der Waals surface area contributed by atoms with Gasteiger partial charge in [0, 0.05) is 6.04 Å². The molecule has 1 aliphatic rings. The van der Waals surface area contributed by atoms with Crippen molar-refractivity contribution in [2.45, 2.75) is 168 Å². The molecular formula is C30H61N. The van der Waals surface area contributed by atoms with Gasteiger partial charge in [0.05, 0.1) is 0 Å². The standard InChI is InChI=1S/C30H61N/c1-5-7-9-11-13-15-16-18-20-22-24-26-30(31(3)4)29-27-28(29)25-23-21-19-17-14-12-10-8-6-2/h28-30H,5-27H2,1-4H3/t28-,29+,30?/m0/s1. The fraction of sp³-hybridized carbons (Fsp3) is 1.00. The van der Waals surface area contributed by atoms with Gasteiger partial charge in [0.2, 0.25) is 0 Å². The average Bonchev–Trinajstić information content (AvgIpc) is 3.52. The Morgan fingerprint density at radius 2 is 0.935 bits per heavy atom. The summed E-state index contributed by atoms with van der Waals surface area (Å²) in [5, 5.41) is 0. The fourth-order valence-electron chi connectivity index (χ4n) is 5.66. The first-order chi connectivity index (χ1) is 15.2. The smallest absolute Gasteiger partial charge is 0.0120 e. The summed E-state index contributed by atoms with van der Waals surface area (Å²) < 4.78 is 0. The van der Waals surface area contributed by atoms with Gasteiger partial charge in [-0.25, -0.2) is 0 Å². The first kappa shape index (κ1) is 29.0. The van der Waals surface area contributed by atoms with Crippen LogP contribution in [0.1, 0.15) is 162 Å². The van der Waals surface area contributed by atoms with Crippen LogP contribution in [0.25, 0.3) is 0 Å². The molecule has 1 heteroatoms. The quantitative estimate of drug-likeness (QED) is 0.136. The zero-order valence-electron chi connectivity index (χ0n) is 22.4. The second-order valence-corrected chi connectivity index (χ2v) is 11.1. The van der Waals surface area contributed by atoms with E-state index in [0.29, 0.717) is 0 Å². The van der Waals surface area contributed by atoms with Gasteiger partial charge in [-0.05, 0) is 38.8 Å². The zero-order chi connectivity index (χ0) is 22.6. The van der Waals surface area contributed by atoms with E-state index in [2.05, 4.69) is 32.8 Å². The van der Waals surface area contributed by atoms with E-state index in [0.717, 1.165) is 17.9 Å². The minimum absolute atomic E-state index is 0.863. The van der Waals surface area contributed by atoms with Gasteiger partial charge < -0.3 is 4.90 Å². The minimum Gasteiger partial charge on any atom is -0.306 e. The Labute approximate surface area is 198 Å². The summed E-state index contributed by atoms with van der Waals surface area (Å²) in [6.07, 6.45) is 33.7. The van der Waals surface area contributed by atoms with Crippen molar-refractivity contribution in [3.8, 4) is 0 Å². The van der Waals surface area contributed by atoms with Crippen LogP contribution >= 0.6 is 0 Å². The van der Waals surface area contributed by atoms with Gasteiger partial charge in [-0.3, -0.25) is 0 Å². The molecule has 1 aliphatic carbocycles. The van der Waals surface area contributed by atoms with Gasteiger partial charge in [0.25, 0.3) is 0 Å². The van der Waals surface area contributed by atoms with Crippen LogP contribution in [0.4, 0.5) is 0 Å². The van der Waals surface area contributed by atoms with Gasteiger partial charge in [-0.1, -0.05) is 149 Å². The highest BCUT2D eigenvalue weighted by Crippen LogP contribution is 2.47. The SMILES string of the molecule is CCCCCCCCCCCCCC([C@@H]1C[C@@H]1CCCCCCCCCCC)N(C)C. The molecule has 0 aromatic rings. The molecule has 0 saturated heterocycles. The van der Waals surface area contributed by atoms with Gasteiger partial charge >= 0.3 is 0 Å². The summed E-state index contributed by atoms with van der Waals surface area (Å²) in [4.78, 5) is 2.55. The third kappa shape index (κ3) is 16.3. The van der Waals surface area contributed by atoms with E-state index >= 15 is 0 Å². The highest BCUT2D eigenvalue weighted by Gasteiger charge is 2.42. The van der Waals surface area contributed by atoms with Crippen LogP contribution in [0, 0.1) is 11.8 Å². The number of nitrogens with zero attached hydrogens (tertiary/aromatic N) is 1. The average molecular weight is 436 g/mol. The number of rotatable bonds is 24. The van der Waals surface area contributed by atoms with Crippen molar-refractivity contribution < 1.29 is 0 Å². The fourth-order valence-corrected chi connectivity index (χ4v) is 5.66. The van der Waals surface area contributed by atoms with E-state index in [9.17, 15) is 0 Å². The van der Waals surface area contributed by atoms with Crippen LogP contribution in [0.3, 0.4) is 0 Å². The largest absolute Gasteiger partial charge is 0.306 e. The maximum absolute atomic E-state index is 2.55. The monoisotopic (exact) mass is 435 g/mol. The normalized spacial score (nSPS) is 19.3. The molecule has 1 fully saturated rings. The molecule has 0 amide bonds. The Morgan fingerprint density at radius 3 is 1.35 bits per heavy atom. The van der Waals surface area contributed by atoms with Gasteiger partial charge in [-0.2, -0.15) is 0 Å². The Kier molecular flexibility index (Phi) is 19.2. The van der Waals surface area contributed by atoms with Crippen molar-refractivity contribution in [2.24, 2.45) is 11.8 Å². The summed E-state index contributed by atoms with van der Waals surface area (Å²) in [5.41, 5.74) is 0. The summed E-state index contributed by atoms with van der Waals surface area (Å²) in [7, 11) is 4.66. The lowest BCUT2D eigenvalue weighted by atomic mass is 9.98. The van der Waals surface area contributed by atoms with Crippen molar-refractivity contribution in [3.63, 3.8) is 0 Å². The predicted molar refractivity (Wildman–Crippen MR) is 142 cm³/mol. The van der Waals surface area contributed by atoms with Crippen LogP contribution in [0.2, 0.25) is 0 Å². The van der Waals surface area contributed by atoms with Crippen LogP contribution < -0.4 is 0 Å². The molecule has 0 aliphatic heterocycles. The molecule has 0 aromatic heterocycles. The predicted octanol–water partition coefficient (Wildman–Crippen LogP) is 10.2. The Balaban J connectivity index is 1.94. The molecule has 0 aromatic carbocycles. The molecule has 1 nitrogen and oxygen atoms in total. The van der Waals surface area contributed by atoms with E-state index in [4.69, 9.17) is 0 Å². The lowest BCUT2D eigenvalue weighted by Crippen LogP contribution is -2.30. The molecular weight excluding hydrogens is 374 g/mol. The van der Waals surface area contributed by atoms with Crippen LogP contribution in [0.15, 0.2) is 0 Å². The minimum atomic E-state index is 0.863. The molecule has 31 heavy (non-hydrogen) atoms. The van der Waals surface area contributed by atoms with E-state index in [1.165, 1.54) is 148 Å². The van der Waals surface area contributed by atoms with Gasteiger partial charge in [0.15, 0.2) is 0 Å². The molecule has 1 unspecified atom stereocenters. The van der Waals surface area contributed by atoms with Crippen LogP contribution in [0.5, 0.6) is 0 Å². The molecule has 0 spiro atoms. The summed E-state index contributed by atoms with van der Waals surface area (Å²) in [6.45, 7) is 4.62. The zero-order valence-corrected chi connectivity index (χ0v) is 22.4. The van der Waals surface area contributed by atoms with Gasteiger partial charge in [-0.15, -0.1) is 0 Å². The lowest BCUT2D eigenvalue weighted by Gasteiger charge is -2.25. The van der Waals surface area contributed by atoms with Gasteiger partial charge in [0.1, 0.15) is 0 Å². The topological polar surface area (TPSA) is 3.24 Å². The van der Waals surface area contributed by atoms with Crippen molar-refractivity contribution >= 4 is 0 Å². The maximum atomic E-state index is 2.55. The Hall–Kier alpha value is -0.0400. The second kappa shape index (κ2) is 20.6. The van der Waals surface area contributed by atoms with Crippen molar-refractivity contribution in [1.29, 1.82) is 0 Å². The lowest BCUT2D eigenvalue weighted by molar-refractivity contribution is 0.234. The Bertz CT molecular complexity index is 363. The third-order valence-corrected chi connectivity index (χ3v) is 7.92. The first-order valence-corrected chi connectivity index (χ1v) is 14.9. The van der Waals surface area contributed by atoms with E-state index in [-0.39, 0.29) is 0 Å². The van der Waals surface area contributed by atoms with Crippen LogP contribution in [-0.4, -0.2) is 25.0 Å². The van der Waals surface area contributed by atoms with Crippen LogP contribution in [-0.2, 0) is 0 Å². The highest BCUT2D eigenvalue weighted by molar-refractivity contribution is 4.94. The number of hydrogen-bond acceptors (Lipinski definition) is 1. The molecule has 0 radical (unpaired) electrons. The summed E-state index contributed by atoms with van der Waals surface area (Å²) in [5.74, 6) is 2.08. The summed E-state index contributed by atoms with van der Waals surface area (Å²) in [6, 6.07) is 0.863. The van der Waals surface area contributed by atoms with E-state index in [1.54, 1.807) is 0 Å². The number of hydrogen-bond donors (Lipinski definition) is 0. The van der Waals surface area contributed by atoms with E-state index < -0.39 is 0 Å². The maximum Gasteiger partial charge on any atom is 0.0120 e. The second-order valence-electron chi connectivity index (χ2n) is 11.1. The number of unbranched alkanes of at least 4 members (excludes halogenated alkanes) is 18. The Morgan fingerprint density at radius 1 is 0.548 bits per heavy atom. The first-order valence-electron chi connectivity index (χ1n) is 14.9. The molecule has 0 heterocycles. The van der Waals surface area contributed by atoms with Crippen molar-refractivity contribution in [3.05, 3.63) is 0 Å². The van der Waals surface area contributed by atoms with Crippen molar-refractivity contribution in [2.75, 3.05) is 14.1 Å². The molecule has 1 rings (SSSR count). The third-order valence-electron chi connectivity index (χ3n) is 7.92. The molecule has 0 N–H and O–H groups in total. The molecule has 186 valence electrons. The molecule has 0 bridgehead atoms. The molecule has 3 atom stereocenters.